The lowest BCUT2D eigenvalue weighted by Crippen LogP contribution is -2.42. The molecule has 0 bridgehead atoms. The van der Waals surface area contributed by atoms with Gasteiger partial charge in [0.2, 0.25) is 0 Å². The van der Waals surface area contributed by atoms with Gasteiger partial charge in [-0.2, -0.15) is 5.10 Å². The molecule has 0 aliphatic carbocycles. The van der Waals surface area contributed by atoms with E-state index in [-0.39, 0.29) is 11.9 Å². The normalized spacial score (nSPS) is 18.6. The van der Waals surface area contributed by atoms with Crippen LogP contribution in [-0.4, -0.2) is 40.3 Å². The fraction of sp³-hybridized carbons (Fsp3) is 0.286. The highest BCUT2D eigenvalue weighted by molar-refractivity contribution is 6.42. The number of fused-ring (bicyclic) bond motifs is 1. The lowest BCUT2D eigenvalue weighted by atomic mass is 10.0. The summed E-state index contributed by atoms with van der Waals surface area (Å²) in [4.78, 5) is 21.9. The number of hydrogen-bond acceptors (Lipinski definition) is 4. The van der Waals surface area contributed by atoms with Gasteiger partial charge < -0.3 is 9.80 Å². The third kappa shape index (κ3) is 3.07. The second kappa shape index (κ2) is 7.04. The van der Waals surface area contributed by atoms with Crippen LogP contribution >= 0.6 is 23.2 Å². The quantitative estimate of drug-likeness (QED) is 0.608. The molecule has 1 aromatic carbocycles. The summed E-state index contributed by atoms with van der Waals surface area (Å²) in [6.45, 7) is 4.60. The number of carbonyl (C=O) groups is 1. The van der Waals surface area contributed by atoms with Gasteiger partial charge in [-0.25, -0.2) is 4.98 Å². The molecule has 1 saturated heterocycles. The molecule has 0 unspecified atom stereocenters. The summed E-state index contributed by atoms with van der Waals surface area (Å²) in [7, 11) is 0. The average molecular weight is 428 g/mol. The first-order valence-corrected chi connectivity index (χ1v) is 10.3. The molecule has 2 aromatic heterocycles. The van der Waals surface area contributed by atoms with E-state index in [1.165, 1.54) is 6.42 Å². The number of anilines is 2. The van der Waals surface area contributed by atoms with Crippen molar-refractivity contribution in [2.75, 3.05) is 29.4 Å². The van der Waals surface area contributed by atoms with Gasteiger partial charge in [0.1, 0.15) is 11.5 Å². The van der Waals surface area contributed by atoms with Crippen LogP contribution in [0.1, 0.15) is 29.9 Å². The number of aromatic nitrogens is 3. The van der Waals surface area contributed by atoms with Crippen LogP contribution in [0.4, 0.5) is 11.5 Å². The smallest absolute Gasteiger partial charge is 0.277 e. The maximum Gasteiger partial charge on any atom is 0.277 e. The molecule has 0 saturated carbocycles. The Morgan fingerprint density at radius 2 is 1.93 bits per heavy atom. The zero-order valence-electron chi connectivity index (χ0n) is 15.8. The molecule has 3 aromatic rings. The van der Waals surface area contributed by atoms with Gasteiger partial charge >= 0.3 is 0 Å². The van der Waals surface area contributed by atoms with E-state index in [0.29, 0.717) is 22.3 Å². The van der Waals surface area contributed by atoms with Gasteiger partial charge in [-0.1, -0.05) is 23.2 Å². The Morgan fingerprint density at radius 1 is 1.10 bits per heavy atom. The summed E-state index contributed by atoms with van der Waals surface area (Å²) in [5, 5.41) is 5.42. The van der Waals surface area contributed by atoms with E-state index in [0.717, 1.165) is 35.7 Å². The summed E-state index contributed by atoms with van der Waals surface area (Å²) in [6.07, 6.45) is 4.75. The molecule has 0 spiro atoms. The Labute approximate surface area is 178 Å². The van der Waals surface area contributed by atoms with E-state index in [1.54, 1.807) is 29.4 Å². The fourth-order valence-corrected chi connectivity index (χ4v) is 4.15. The second-order valence-corrected chi connectivity index (χ2v) is 8.27. The van der Waals surface area contributed by atoms with Crippen LogP contribution in [0.2, 0.25) is 10.0 Å². The first-order valence-electron chi connectivity index (χ1n) is 9.59. The molecule has 148 valence electrons. The van der Waals surface area contributed by atoms with Crippen molar-refractivity contribution in [2.45, 2.75) is 19.4 Å². The van der Waals surface area contributed by atoms with Gasteiger partial charge in [0.05, 0.1) is 22.3 Å². The predicted octanol–water partition coefficient (Wildman–Crippen LogP) is 4.68. The third-order valence-corrected chi connectivity index (χ3v) is 6.30. The minimum absolute atomic E-state index is 0.0302. The Morgan fingerprint density at radius 3 is 2.66 bits per heavy atom. The standard InChI is InChI=1S/C21H19Cl2N5O/c1-13-12-27(15-3-4-17(22)18(23)10-15)21(29)20-16(11-25-28(13)20)14-5-6-24-19(9-14)26-7-2-8-26/h3-6,9-11,13H,2,7-8,12H2,1H3/t13-/m0/s1. The van der Waals surface area contributed by atoms with Crippen molar-refractivity contribution in [1.82, 2.24) is 14.8 Å². The van der Waals surface area contributed by atoms with Crippen LogP contribution < -0.4 is 9.80 Å². The largest absolute Gasteiger partial charge is 0.356 e. The molecule has 0 radical (unpaired) electrons. The lowest BCUT2D eigenvalue weighted by Gasteiger charge is -2.33. The minimum atomic E-state index is -0.101. The summed E-state index contributed by atoms with van der Waals surface area (Å²) < 4.78 is 1.81. The van der Waals surface area contributed by atoms with Crippen molar-refractivity contribution in [3.05, 3.63) is 58.5 Å². The first-order chi connectivity index (χ1) is 14.0. The van der Waals surface area contributed by atoms with E-state index >= 15 is 0 Å². The summed E-state index contributed by atoms with van der Waals surface area (Å²) in [5.41, 5.74) is 3.07. The molecule has 0 N–H and O–H groups in total. The summed E-state index contributed by atoms with van der Waals surface area (Å²) in [5.74, 6) is 0.836. The molecule has 6 nitrogen and oxygen atoms in total. The summed E-state index contributed by atoms with van der Waals surface area (Å²) in [6, 6.07) is 9.26. The van der Waals surface area contributed by atoms with Crippen molar-refractivity contribution in [1.29, 1.82) is 0 Å². The zero-order chi connectivity index (χ0) is 20.1. The van der Waals surface area contributed by atoms with Crippen LogP contribution in [0.3, 0.4) is 0 Å². The number of carbonyl (C=O) groups excluding carboxylic acids is 1. The average Bonchev–Trinajstić information content (AvgIpc) is 3.12. The number of pyridine rings is 1. The minimum Gasteiger partial charge on any atom is -0.356 e. The van der Waals surface area contributed by atoms with Crippen LogP contribution in [-0.2, 0) is 0 Å². The molecule has 1 atom stereocenters. The number of hydrogen-bond donors (Lipinski definition) is 0. The Balaban J connectivity index is 1.56. The van der Waals surface area contributed by atoms with Gasteiger partial charge in [0, 0.05) is 37.1 Å². The molecule has 8 heteroatoms. The number of amides is 1. The first kappa shape index (κ1) is 18.5. The van der Waals surface area contributed by atoms with Crippen molar-refractivity contribution in [3.63, 3.8) is 0 Å². The van der Waals surface area contributed by atoms with Gasteiger partial charge in [-0.3, -0.25) is 9.48 Å². The fourth-order valence-electron chi connectivity index (χ4n) is 3.85. The number of benzene rings is 1. The van der Waals surface area contributed by atoms with Gasteiger partial charge in [0.25, 0.3) is 5.91 Å². The second-order valence-electron chi connectivity index (χ2n) is 7.46. The number of nitrogens with zero attached hydrogens (tertiary/aromatic N) is 5. The highest BCUT2D eigenvalue weighted by Gasteiger charge is 2.34. The Kier molecular flexibility index (Phi) is 4.48. The van der Waals surface area contributed by atoms with Gasteiger partial charge in [0.15, 0.2) is 0 Å². The molecule has 4 heterocycles. The molecular formula is C21H19Cl2N5O. The molecule has 2 aliphatic heterocycles. The van der Waals surface area contributed by atoms with Crippen molar-refractivity contribution in [2.24, 2.45) is 0 Å². The van der Waals surface area contributed by atoms with Gasteiger partial charge in [-0.05, 0) is 49.2 Å². The van der Waals surface area contributed by atoms with Crippen molar-refractivity contribution < 1.29 is 4.79 Å². The number of halogens is 2. The van der Waals surface area contributed by atoms with E-state index in [9.17, 15) is 4.79 Å². The van der Waals surface area contributed by atoms with Crippen molar-refractivity contribution in [3.8, 4) is 11.1 Å². The molecule has 2 aliphatic rings. The molecule has 29 heavy (non-hydrogen) atoms. The highest BCUT2D eigenvalue weighted by Crippen LogP contribution is 2.35. The van der Waals surface area contributed by atoms with E-state index in [1.807, 2.05) is 22.9 Å². The molecular weight excluding hydrogens is 409 g/mol. The van der Waals surface area contributed by atoms with Gasteiger partial charge in [-0.15, -0.1) is 0 Å². The van der Waals surface area contributed by atoms with Crippen LogP contribution in [0.25, 0.3) is 11.1 Å². The Hall–Kier alpha value is -2.57. The van der Waals surface area contributed by atoms with Crippen LogP contribution in [0, 0.1) is 0 Å². The SMILES string of the molecule is C[C@H]1CN(c2ccc(Cl)c(Cl)c2)C(=O)c2c(-c3ccnc(N4CCC4)c3)cnn21. The third-order valence-electron chi connectivity index (χ3n) is 5.56. The maximum absolute atomic E-state index is 13.5. The van der Waals surface area contributed by atoms with E-state index < -0.39 is 0 Å². The maximum atomic E-state index is 13.5. The van der Waals surface area contributed by atoms with Crippen molar-refractivity contribution >= 4 is 40.6 Å². The topological polar surface area (TPSA) is 54.3 Å². The van der Waals surface area contributed by atoms with E-state index in [2.05, 4.69) is 21.9 Å². The lowest BCUT2D eigenvalue weighted by molar-refractivity contribution is 0.0954. The van der Waals surface area contributed by atoms with Crippen LogP contribution in [0.15, 0.2) is 42.7 Å². The molecule has 5 rings (SSSR count). The highest BCUT2D eigenvalue weighted by atomic mass is 35.5. The Bertz CT molecular complexity index is 1110. The zero-order valence-corrected chi connectivity index (χ0v) is 17.4. The molecule has 1 fully saturated rings. The monoisotopic (exact) mass is 427 g/mol. The predicted molar refractivity (Wildman–Crippen MR) is 115 cm³/mol. The molecule has 1 amide bonds. The van der Waals surface area contributed by atoms with Crippen LogP contribution in [0.5, 0.6) is 0 Å². The summed E-state index contributed by atoms with van der Waals surface area (Å²) >= 11 is 12.2. The van der Waals surface area contributed by atoms with E-state index in [4.69, 9.17) is 23.2 Å². The number of rotatable bonds is 3.